The molecule has 0 amide bonds. The van der Waals surface area contributed by atoms with Crippen LogP contribution in [-0.2, 0) is 19.1 Å². The number of ether oxygens (including phenoxy) is 3. The van der Waals surface area contributed by atoms with Gasteiger partial charge < -0.3 is 14.2 Å². The average molecular weight is 517 g/mol. The monoisotopic (exact) mass is 516 g/mol. The number of rotatable bonds is 8. The molecule has 0 aromatic heterocycles. The second-order valence-corrected chi connectivity index (χ2v) is 9.60. The Labute approximate surface area is 219 Å². The van der Waals surface area contributed by atoms with Gasteiger partial charge in [-0.05, 0) is 47.5 Å². The summed E-state index contributed by atoms with van der Waals surface area (Å²) < 4.78 is 16.8. The van der Waals surface area contributed by atoms with Crippen LogP contribution in [0.3, 0.4) is 0 Å². The van der Waals surface area contributed by atoms with E-state index in [2.05, 4.69) is 0 Å². The minimum absolute atomic E-state index is 0.149. The topological polar surface area (TPSA) is 78.9 Å². The molecule has 3 aromatic rings. The number of esters is 2. The zero-order valence-corrected chi connectivity index (χ0v) is 20.7. The molecule has 7 heteroatoms. The highest BCUT2D eigenvalue weighted by atomic mass is 35.5. The molecule has 188 valence electrons. The maximum atomic E-state index is 13.0. The molecule has 37 heavy (non-hydrogen) atoms. The molecule has 1 saturated heterocycles. The van der Waals surface area contributed by atoms with Crippen molar-refractivity contribution in [2.24, 2.45) is 11.8 Å². The summed E-state index contributed by atoms with van der Waals surface area (Å²) in [7, 11) is 0. The molecular formula is C30H25ClO6. The predicted octanol–water partition coefficient (Wildman–Crippen LogP) is 5.69. The molecule has 0 spiro atoms. The van der Waals surface area contributed by atoms with Gasteiger partial charge in [0.05, 0.1) is 12.0 Å². The zero-order valence-electron chi connectivity index (χ0n) is 19.9. The van der Waals surface area contributed by atoms with Crippen LogP contribution in [0, 0.1) is 11.8 Å². The molecule has 2 aliphatic rings. The first-order chi connectivity index (χ1) is 18.0. The van der Waals surface area contributed by atoms with Crippen LogP contribution >= 0.6 is 11.6 Å². The van der Waals surface area contributed by atoms with Crippen molar-refractivity contribution in [1.29, 1.82) is 0 Å². The van der Waals surface area contributed by atoms with Crippen molar-refractivity contribution in [3.8, 4) is 16.9 Å². The smallest absolute Gasteiger partial charge is 0.338 e. The fourth-order valence-corrected chi connectivity index (χ4v) is 5.08. The minimum Gasteiger partial charge on any atom is -0.485 e. The number of halogens is 1. The van der Waals surface area contributed by atoms with Gasteiger partial charge in [0, 0.05) is 23.3 Å². The van der Waals surface area contributed by atoms with Gasteiger partial charge in [-0.1, -0.05) is 66.2 Å². The molecule has 0 unspecified atom stereocenters. The van der Waals surface area contributed by atoms with E-state index in [1.165, 1.54) is 6.08 Å². The van der Waals surface area contributed by atoms with Crippen molar-refractivity contribution < 1.29 is 28.6 Å². The molecule has 4 atom stereocenters. The van der Waals surface area contributed by atoms with Crippen LogP contribution in [0.5, 0.6) is 5.75 Å². The Morgan fingerprint density at radius 3 is 2.49 bits per heavy atom. The second kappa shape index (κ2) is 11.0. The second-order valence-electron chi connectivity index (χ2n) is 9.17. The molecule has 1 saturated carbocycles. The van der Waals surface area contributed by atoms with Gasteiger partial charge in [-0.15, -0.1) is 0 Å². The van der Waals surface area contributed by atoms with E-state index >= 15 is 0 Å². The van der Waals surface area contributed by atoms with Crippen molar-refractivity contribution in [2.45, 2.75) is 25.0 Å². The summed E-state index contributed by atoms with van der Waals surface area (Å²) in [5, 5.41) is 0.516. The summed E-state index contributed by atoms with van der Waals surface area (Å²) in [4.78, 5) is 37.3. The van der Waals surface area contributed by atoms with Gasteiger partial charge in [0.25, 0.3) is 0 Å². The van der Waals surface area contributed by atoms with Crippen molar-refractivity contribution in [3.05, 3.63) is 102 Å². The predicted molar refractivity (Wildman–Crippen MR) is 138 cm³/mol. The third-order valence-corrected chi connectivity index (χ3v) is 6.95. The fourth-order valence-electron chi connectivity index (χ4n) is 4.90. The van der Waals surface area contributed by atoms with E-state index < -0.39 is 12.1 Å². The van der Waals surface area contributed by atoms with E-state index in [4.69, 9.17) is 25.8 Å². The van der Waals surface area contributed by atoms with Crippen LogP contribution in [0.15, 0.2) is 91.0 Å². The summed E-state index contributed by atoms with van der Waals surface area (Å²) in [6.45, 7) is -0.161. The van der Waals surface area contributed by atoms with Gasteiger partial charge in [-0.3, -0.25) is 9.59 Å². The van der Waals surface area contributed by atoms with Crippen molar-refractivity contribution in [1.82, 2.24) is 0 Å². The Bertz CT molecular complexity index is 1320. The molecule has 0 radical (unpaired) electrons. The number of fused-ring (bicyclic) bond motifs is 1. The van der Waals surface area contributed by atoms with Gasteiger partial charge >= 0.3 is 11.9 Å². The normalized spacial score (nSPS) is 22.5. The molecule has 6 nitrogen and oxygen atoms in total. The highest BCUT2D eigenvalue weighted by Crippen LogP contribution is 2.43. The zero-order chi connectivity index (χ0) is 25.8. The largest absolute Gasteiger partial charge is 0.485 e. The molecule has 1 heterocycles. The summed E-state index contributed by atoms with van der Waals surface area (Å²) in [6, 6.07) is 23.9. The fraction of sp³-hybridized carbons (Fsp3) is 0.233. The van der Waals surface area contributed by atoms with Crippen LogP contribution < -0.4 is 4.74 Å². The Kier molecular flexibility index (Phi) is 7.37. The Morgan fingerprint density at radius 1 is 0.973 bits per heavy atom. The van der Waals surface area contributed by atoms with Crippen LogP contribution in [-0.4, -0.2) is 36.5 Å². The van der Waals surface area contributed by atoms with Gasteiger partial charge in [0.2, 0.25) is 0 Å². The van der Waals surface area contributed by atoms with Gasteiger partial charge in [0.1, 0.15) is 18.0 Å². The molecule has 5 rings (SSSR count). The van der Waals surface area contributed by atoms with Gasteiger partial charge in [-0.25, -0.2) is 4.79 Å². The number of carbonyl (C=O) groups excluding carboxylic acids is 3. The molecule has 0 N–H and O–H groups in total. The number of hydrogen-bond donors (Lipinski definition) is 0. The molecule has 3 aromatic carbocycles. The Hall–Kier alpha value is -3.90. The van der Waals surface area contributed by atoms with E-state index in [9.17, 15) is 14.4 Å². The Balaban J connectivity index is 1.24. The molecule has 1 aliphatic carbocycles. The standard InChI is InChI=1S/C30H25ClO6/c31-22-7-4-8-24(15-22)35-18-23(32)13-14-25-26-16-29(33)36-28(26)17-27(25)37-30(34)21-11-9-20(10-12-21)19-5-2-1-3-6-19/h1-15,25-28H,16-18H2/b14-13+/t25-,26-,27-,28+/m1/s1. The third-order valence-electron chi connectivity index (χ3n) is 6.72. The van der Waals surface area contributed by atoms with E-state index in [1.807, 2.05) is 42.5 Å². The highest BCUT2D eigenvalue weighted by molar-refractivity contribution is 6.30. The maximum absolute atomic E-state index is 13.0. The first-order valence-corrected chi connectivity index (χ1v) is 12.5. The number of hydrogen-bond acceptors (Lipinski definition) is 6. The first-order valence-electron chi connectivity index (χ1n) is 12.1. The van der Waals surface area contributed by atoms with Crippen molar-refractivity contribution >= 4 is 29.3 Å². The van der Waals surface area contributed by atoms with E-state index in [-0.39, 0.29) is 42.7 Å². The molecule has 1 aliphatic heterocycles. The van der Waals surface area contributed by atoms with Crippen LogP contribution in [0.2, 0.25) is 5.02 Å². The average Bonchev–Trinajstić information content (AvgIpc) is 3.42. The third kappa shape index (κ3) is 5.92. The maximum Gasteiger partial charge on any atom is 0.338 e. The number of carbonyl (C=O) groups is 3. The quantitative estimate of drug-likeness (QED) is 0.283. The lowest BCUT2D eigenvalue weighted by Crippen LogP contribution is -2.25. The summed E-state index contributed by atoms with van der Waals surface area (Å²) >= 11 is 5.95. The SMILES string of the molecule is O=C(/C=C/[C@@H]1[C@H]2CC(=O)O[C@H]2C[C@H]1OC(=O)c1ccc(-c2ccccc2)cc1)COc1cccc(Cl)c1. The highest BCUT2D eigenvalue weighted by Gasteiger charge is 2.50. The first kappa shape index (κ1) is 24.8. The summed E-state index contributed by atoms with van der Waals surface area (Å²) in [6.07, 6.45) is 2.92. The molecular weight excluding hydrogens is 492 g/mol. The molecule has 2 fully saturated rings. The van der Waals surface area contributed by atoms with E-state index in [0.29, 0.717) is 22.8 Å². The van der Waals surface area contributed by atoms with Crippen molar-refractivity contribution in [2.75, 3.05) is 6.61 Å². The van der Waals surface area contributed by atoms with Crippen LogP contribution in [0.4, 0.5) is 0 Å². The summed E-state index contributed by atoms with van der Waals surface area (Å²) in [5.74, 6) is -0.955. The number of ketones is 1. The number of benzene rings is 3. The van der Waals surface area contributed by atoms with E-state index in [0.717, 1.165) is 11.1 Å². The summed E-state index contributed by atoms with van der Waals surface area (Å²) in [5.41, 5.74) is 2.49. The van der Waals surface area contributed by atoms with Crippen LogP contribution in [0.1, 0.15) is 23.2 Å². The van der Waals surface area contributed by atoms with E-state index in [1.54, 1.807) is 42.5 Å². The lowest BCUT2D eigenvalue weighted by Gasteiger charge is -2.20. The lowest BCUT2D eigenvalue weighted by atomic mass is 9.91. The lowest BCUT2D eigenvalue weighted by molar-refractivity contribution is -0.141. The molecule has 0 bridgehead atoms. The Morgan fingerprint density at radius 2 is 1.73 bits per heavy atom. The van der Waals surface area contributed by atoms with Crippen LogP contribution in [0.25, 0.3) is 11.1 Å². The minimum atomic E-state index is -0.512. The van der Waals surface area contributed by atoms with Gasteiger partial charge in [-0.2, -0.15) is 0 Å². The van der Waals surface area contributed by atoms with Gasteiger partial charge in [0.15, 0.2) is 12.4 Å². The van der Waals surface area contributed by atoms with Crippen molar-refractivity contribution in [3.63, 3.8) is 0 Å².